The van der Waals surface area contributed by atoms with E-state index >= 15 is 0 Å². The fourth-order valence-electron chi connectivity index (χ4n) is 1.34. The first-order valence-electron chi connectivity index (χ1n) is 4.22. The summed E-state index contributed by atoms with van der Waals surface area (Å²) in [4.78, 5) is 11.2. The molecule has 1 aliphatic carbocycles. The molecule has 0 heterocycles. The van der Waals surface area contributed by atoms with Crippen LogP contribution in [-0.4, -0.2) is 17.5 Å². The van der Waals surface area contributed by atoms with Gasteiger partial charge in [-0.25, -0.2) is 0 Å². The number of Topliss-reactive ketones (excluding diaryl/α,β-unsaturated/α-hetero) is 1. The van der Waals surface area contributed by atoms with Gasteiger partial charge in [0, 0.05) is 6.42 Å². The van der Waals surface area contributed by atoms with Crippen molar-refractivity contribution < 1.29 is 18.0 Å². The summed E-state index contributed by atoms with van der Waals surface area (Å²) in [5, 5.41) is 0. The zero-order valence-electron chi connectivity index (χ0n) is 7.16. The standard InChI is InChI=1S/C8H12F3NO/c9-8(10,11)5-2-6(13)7(12)3-1-4-7/h1-5,12H2. The largest absolute Gasteiger partial charge is 0.389 e. The summed E-state index contributed by atoms with van der Waals surface area (Å²) in [5.74, 6) is -0.448. The highest BCUT2D eigenvalue weighted by Gasteiger charge is 2.41. The lowest BCUT2D eigenvalue weighted by Gasteiger charge is -2.36. The van der Waals surface area contributed by atoms with Gasteiger partial charge in [-0.2, -0.15) is 13.2 Å². The van der Waals surface area contributed by atoms with Gasteiger partial charge in [0.05, 0.1) is 12.0 Å². The molecule has 1 aliphatic rings. The van der Waals surface area contributed by atoms with E-state index in [4.69, 9.17) is 5.73 Å². The molecule has 0 bridgehead atoms. The number of hydrogen-bond acceptors (Lipinski definition) is 2. The Morgan fingerprint density at radius 2 is 1.92 bits per heavy atom. The van der Waals surface area contributed by atoms with E-state index in [1.54, 1.807) is 0 Å². The van der Waals surface area contributed by atoms with Crippen LogP contribution in [0, 0.1) is 0 Å². The Bertz CT molecular complexity index is 208. The Morgan fingerprint density at radius 1 is 1.38 bits per heavy atom. The molecular formula is C8H12F3NO. The summed E-state index contributed by atoms with van der Waals surface area (Å²) in [6.45, 7) is 0. The van der Waals surface area contributed by atoms with Crippen LogP contribution in [0.5, 0.6) is 0 Å². The average molecular weight is 195 g/mol. The fraction of sp³-hybridized carbons (Fsp3) is 0.875. The molecule has 1 rings (SSSR count). The molecule has 0 spiro atoms. The summed E-state index contributed by atoms with van der Waals surface area (Å²) < 4.78 is 35.2. The molecule has 0 aromatic rings. The lowest BCUT2D eigenvalue weighted by Crippen LogP contribution is -2.53. The van der Waals surface area contributed by atoms with Gasteiger partial charge in [0.15, 0.2) is 5.78 Å². The molecule has 5 heteroatoms. The Balaban J connectivity index is 2.34. The second-order valence-corrected chi connectivity index (χ2v) is 3.55. The van der Waals surface area contributed by atoms with Crippen LogP contribution < -0.4 is 5.73 Å². The third-order valence-corrected chi connectivity index (χ3v) is 2.44. The normalized spacial score (nSPS) is 20.9. The highest BCUT2D eigenvalue weighted by molar-refractivity contribution is 5.89. The predicted octanol–water partition coefficient (Wildman–Crippen LogP) is 1.78. The van der Waals surface area contributed by atoms with Crippen molar-refractivity contribution >= 4 is 5.78 Å². The maximum absolute atomic E-state index is 11.7. The minimum absolute atomic E-state index is 0.448. The number of rotatable bonds is 3. The molecule has 0 radical (unpaired) electrons. The predicted molar refractivity (Wildman–Crippen MR) is 41.1 cm³/mol. The van der Waals surface area contributed by atoms with E-state index in [1.807, 2.05) is 0 Å². The molecule has 0 amide bonds. The first kappa shape index (κ1) is 10.5. The Labute approximate surface area is 74.3 Å². The van der Waals surface area contributed by atoms with Gasteiger partial charge >= 0.3 is 6.18 Å². The maximum Gasteiger partial charge on any atom is 0.389 e. The van der Waals surface area contributed by atoms with E-state index in [0.717, 1.165) is 6.42 Å². The van der Waals surface area contributed by atoms with Crippen molar-refractivity contribution in [3.63, 3.8) is 0 Å². The highest BCUT2D eigenvalue weighted by Crippen LogP contribution is 2.32. The van der Waals surface area contributed by atoms with Gasteiger partial charge in [-0.1, -0.05) is 0 Å². The van der Waals surface area contributed by atoms with Gasteiger partial charge < -0.3 is 5.73 Å². The zero-order valence-corrected chi connectivity index (χ0v) is 7.16. The topological polar surface area (TPSA) is 43.1 Å². The van der Waals surface area contributed by atoms with Crippen molar-refractivity contribution in [3.05, 3.63) is 0 Å². The van der Waals surface area contributed by atoms with E-state index in [2.05, 4.69) is 0 Å². The Morgan fingerprint density at radius 3 is 2.23 bits per heavy atom. The van der Waals surface area contributed by atoms with Crippen molar-refractivity contribution in [1.29, 1.82) is 0 Å². The van der Waals surface area contributed by atoms with Crippen LogP contribution in [-0.2, 0) is 4.79 Å². The molecule has 0 atom stereocenters. The molecule has 0 saturated heterocycles. The van der Waals surface area contributed by atoms with E-state index in [0.29, 0.717) is 12.8 Å². The molecule has 0 unspecified atom stereocenters. The fourth-order valence-corrected chi connectivity index (χ4v) is 1.34. The third-order valence-electron chi connectivity index (χ3n) is 2.44. The van der Waals surface area contributed by atoms with Crippen LogP contribution in [0.25, 0.3) is 0 Å². The molecule has 2 nitrogen and oxygen atoms in total. The molecule has 1 saturated carbocycles. The first-order chi connectivity index (χ1) is 5.83. The summed E-state index contributed by atoms with van der Waals surface area (Å²) in [7, 11) is 0. The number of hydrogen-bond donors (Lipinski definition) is 1. The highest BCUT2D eigenvalue weighted by atomic mass is 19.4. The maximum atomic E-state index is 11.7. The summed E-state index contributed by atoms with van der Waals surface area (Å²) in [6, 6.07) is 0. The van der Waals surface area contributed by atoms with Crippen LogP contribution in [0.2, 0.25) is 0 Å². The minimum atomic E-state index is -4.25. The van der Waals surface area contributed by atoms with Crippen molar-refractivity contribution in [2.75, 3.05) is 0 Å². The molecule has 0 aromatic carbocycles. The molecule has 76 valence electrons. The summed E-state index contributed by atoms with van der Waals surface area (Å²) in [5.41, 5.74) is 4.62. The monoisotopic (exact) mass is 195 g/mol. The quantitative estimate of drug-likeness (QED) is 0.745. The van der Waals surface area contributed by atoms with Gasteiger partial charge in [0.25, 0.3) is 0 Å². The molecule has 0 aliphatic heterocycles. The molecular weight excluding hydrogens is 183 g/mol. The van der Waals surface area contributed by atoms with Crippen molar-refractivity contribution in [2.24, 2.45) is 5.73 Å². The van der Waals surface area contributed by atoms with E-state index in [9.17, 15) is 18.0 Å². The molecule has 1 fully saturated rings. The minimum Gasteiger partial charge on any atom is -0.319 e. The Hall–Kier alpha value is -0.580. The molecule has 13 heavy (non-hydrogen) atoms. The number of nitrogens with two attached hydrogens (primary N) is 1. The van der Waals surface area contributed by atoms with Crippen LogP contribution >= 0.6 is 0 Å². The molecule has 2 N–H and O–H groups in total. The summed E-state index contributed by atoms with van der Waals surface area (Å²) >= 11 is 0. The number of carbonyl (C=O) groups is 1. The van der Waals surface area contributed by atoms with Gasteiger partial charge in [-0.3, -0.25) is 4.79 Å². The number of alkyl halides is 3. The first-order valence-corrected chi connectivity index (χ1v) is 4.22. The lowest BCUT2D eigenvalue weighted by atomic mass is 9.73. The van der Waals surface area contributed by atoms with Gasteiger partial charge in [0.2, 0.25) is 0 Å². The molecule has 0 aromatic heterocycles. The second kappa shape index (κ2) is 3.29. The van der Waals surface area contributed by atoms with Gasteiger partial charge in [0.1, 0.15) is 0 Å². The van der Waals surface area contributed by atoms with E-state index in [-0.39, 0.29) is 0 Å². The number of carbonyl (C=O) groups excluding carboxylic acids is 1. The Kier molecular flexibility index (Phi) is 2.66. The zero-order chi connectivity index (χ0) is 10.1. The SMILES string of the molecule is NC1(C(=O)CCC(F)(F)F)CCC1. The third kappa shape index (κ3) is 2.69. The number of halogens is 3. The van der Waals surface area contributed by atoms with Gasteiger partial charge in [-0.15, -0.1) is 0 Å². The second-order valence-electron chi connectivity index (χ2n) is 3.55. The van der Waals surface area contributed by atoms with E-state index in [1.165, 1.54) is 0 Å². The van der Waals surface area contributed by atoms with Crippen LogP contribution in [0.4, 0.5) is 13.2 Å². The van der Waals surface area contributed by atoms with Crippen molar-refractivity contribution in [1.82, 2.24) is 0 Å². The summed E-state index contributed by atoms with van der Waals surface area (Å²) in [6.07, 6.45) is -3.87. The smallest absolute Gasteiger partial charge is 0.319 e. The van der Waals surface area contributed by atoms with Crippen LogP contribution in [0.1, 0.15) is 32.1 Å². The average Bonchev–Trinajstić information content (AvgIpc) is 1.94. The lowest BCUT2D eigenvalue weighted by molar-refractivity contribution is -0.146. The van der Waals surface area contributed by atoms with Crippen LogP contribution in [0.3, 0.4) is 0 Å². The number of ketones is 1. The van der Waals surface area contributed by atoms with Crippen molar-refractivity contribution in [3.8, 4) is 0 Å². The van der Waals surface area contributed by atoms with Crippen molar-refractivity contribution in [2.45, 2.75) is 43.8 Å². The van der Waals surface area contributed by atoms with Crippen LogP contribution in [0.15, 0.2) is 0 Å². The van der Waals surface area contributed by atoms with E-state index < -0.39 is 30.3 Å². The van der Waals surface area contributed by atoms with Gasteiger partial charge in [-0.05, 0) is 19.3 Å².